The largest absolute Gasteiger partial charge is 0.345 e. The van der Waals surface area contributed by atoms with Crippen LogP contribution in [0.1, 0.15) is 56.3 Å². The van der Waals surface area contributed by atoms with Gasteiger partial charge in [0.1, 0.15) is 17.7 Å². The smallest absolute Gasteiger partial charge is 0.245 e. The Kier molecular flexibility index (Phi) is 9.56. The lowest BCUT2D eigenvalue weighted by Gasteiger charge is -2.26. The molecule has 0 radical (unpaired) electrons. The molecule has 268 valence electrons. The third kappa shape index (κ3) is 7.34. The molecule has 8 rings (SSSR count). The summed E-state index contributed by atoms with van der Waals surface area (Å²) in [5.74, 6) is 2.44. The highest BCUT2D eigenvalue weighted by molar-refractivity contribution is 5.84. The Labute approximate surface area is 306 Å². The molecule has 6 heterocycles. The van der Waals surface area contributed by atoms with Crippen LogP contribution >= 0.6 is 0 Å². The molecular formula is C39H40N12O2. The van der Waals surface area contributed by atoms with Crippen LogP contribution in [0.2, 0.25) is 0 Å². The van der Waals surface area contributed by atoms with Crippen LogP contribution in [0.25, 0.3) is 33.6 Å². The predicted octanol–water partition coefficient (Wildman–Crippen LogP) is 5.65. The molecule has 53 heavy (non-hydrogen) atoms. The third-order valence-electron chi connectivity index (χ3n) is 9.90. The van der Waals surface area contributed by atoms with Crippen LogP contribution in [0.15, 0.2) is 97.8 Å². The van der Waals surface area contributed by atoms with Crippen LogP contribution in [0.3, 0.4) is 0 Å². The molecule has 4 N–H and O–H groups in total. The summed E-state index contributed by atoms with van der Waals surface area (Å²) >= 11 is 0. The second kappa shape index (κ2) is 15.0. The van der Waals surface area contributed by atoms with Gasteiger partial charge in [0.2, 0.25) is 23.7 Å². The van der Waals surface area contributed by atoms with E-state index in [1.54, 1.807) is 36.9 Å². The predicted molar refractivity (Wildman–Crippen MR) is 200 cm³/mol. The number of H-pyrrole nitrogens is 2. The first-order valence-electron chi connectivity index (χ1n) is 18.0. The van der Waals surface area contributed by atoms with Gasteiger partial charge in [0.15, 0.2) is 0 Å². The van der Waals surface area contributed by atoms with Gasteiger partial charge < -0.3 is 30.4 Å². The summed E-state index contributed by atoms with van der Waals surface area (Å²) in [6, 6.07) is 19.6. The van der Waals surface area contributed by atoms with E-state index < -0.39 is 6.04 Å². The fourth-order valence-corrected chi connectivity index (χ4v) is 7.18. The van der Waals surface area contributed by atoms with Crippen LogP contribution in [-0.2, 0) is 9.59 Å². The number of carbonyl (C=O) groups is 2. The monoisotopic (exact) mass is 708 g/mol. The minimum Gasteiger partial charge on any atom is -0.345 e. The summed E-state index contributed by atoms with van der Waals surface area (Å²) in [5.41, 5.74) is 6.04. The maximum absolute atomic E-state index is 13.4. The zero-order valence-corrected chi connectivity index (χ0v) is 29.3. The van der Waals surface area contributed by atoms with Crippen molar-refractivity contribution in [1.82, 2.24) is 49.7 Å². The highest BCUT2D eigenvalue weighted by atomic mass is 16.2. The van der Waals surface area contributed by atoms with Gasteiger partial charge in [-0.3, -0.25) is 9.59 Å². The van der Waals surface area contributed by atoms with E-state index in [4.69, 9.17) is 4.98 Å². The SMILES string of the molecule is C[C@H](Nc1ncccn1)C(=O)N1CCC[C@H]1c1ncc(-c2ccc(-c3ccc(-c4cnc([C@@H]5CCCN5C(=O)CNc5ncccn5)[nH]4)cc3)cc2)[nH]1. The Hall–Kier alpha value is -6.44. The Bertz CT molecular complexity index is 2150. The minimum atomic E-state index is -0.462. The van der Waals surface area contributed by atoms with Gasteiger partial charge >= 0.3 is 0 Å². The van der Waals surface area contributed by atoms with Crippen molar-refractivity contribution in [2.24, 2.45) is 0 Å². The van der Waals surface area contributed by atoms with Crippen LogP contribution < -0.4 is 10.6 Å². The van der Waals surface area contributed by atoms with E-state index in [0.717, 1.165) is 71.0 Å². The second-order valence-corrected chi connectivity index (χ2v) is 13.3. The van der Waals surface area contributed by atoms with E-state index in [9.17, 15) is 9.59 Å². The first kappa shape index (κ1) is 33.7. The van der Waals surface area contributed by atoms with E-state index in [1.165, 1.54) is 0 Å². The summed E-state index contributed by atoms with van der Waals surface area (Å²) in [5, 5.41) is 6.12. The lowest BCUT2D eigenvalue weighted by molar-refractivity contribution is -0.133. The summed E-state index contributed by atoms with van der Waals surface area (Å²) in [7, 11) is 0. The third-order valence-corrected chi connectivity index (χ3v) is 9.90. The fourth-order valence-electron chi connectivity index (χ4n) is 7.18. The molecule has 6 aromatic rings. The van der Waals surface area contributed by atoms with Crippen LogP contribution in [0, 0.1) is 0 Å². The zero-order chi connectivity index (χ0) is 36.1. The van der Waals surface area contributed by atoms with Crippen LogP contribution in [0.4, 0.5) is 11.9 Å². The van der Waals surface area contributed by atoms with Crippen molar-refractivity contribution in [2.75, 3.05) is 30.3 Å². The van der Waals surface area contributed by atoms with Crippen molar-refractivity contribution >= 4 is 23.7 Å². The lowest BCUT2D eigenvalue weighted by Crippen LogP contribution is -2.41. The van der Waals surface area contributed by atoms with Gasteiger partial charge in [-0.15, -0.1) is 0 Å². The Morgan fingerprint density at radius 1 is 0.679 bits per heavy atom. The molecule has 0 unspecified atom stereocenters. The summed E-state index contributed by atoms with van der Waals surface area (Å²) in [4.78, 5) is 63.2. The van der Waals surface area contributed by atoms with Gasteiger partial charge in [-0.1, -0.05) is 48.5 Å². The highest BCUT2D eigenvalue weighted by Gasteiger charge is 2.35. The molecular weight excluding hydrogens is 669 g/mol. The number of nitrogens with one attached hydrogen (secondary N) is 4. The van der Waals surface area contributed by atoms with Gasteiger partial charge in [-0.25, -0.2) is 29.9 Å². The number of rotatable bonds is 11. The average Bonchev–Trinajstić information content (AvgIpc) is 4.05. The summed E-state index contributed by atoms with van der Waals surface area (Å²) < 4.78 is 0. The van der Waals surface area contributed by atoms with Crippen LogP contribution in [-0.4, -0.2) is 87.2 Å². The lowest BCUT2D eigenvalue weighted by atomic mass is 10.0. The zero-order valence-electron chi connectivity index (χ0n) is 29.3. The number of hydrogen-bond acceptors (Lipinski definition) is 10. The average molecular weight is 709 g/mol. The molecule has 3 atom stereocenters. The molecule has 0 aliphatic carbocycles. The Morgan fingerprint density at radius 2 is 1.15 bits per heavy atom. The minimum absolute atomic E-state index is 0.00244. The number of amides is 2. The van der Waals surface area contributed by atoms with E-state index in [1.807, 2.05) is 29.1 Å². The quantitative estimate of drug-likeness (QED) is 0.132. The first-order valence-corrected chi connectivity index (χ1v) is 18.0. The summed E-state index contributed by atoms with van der Waals surface area (Å²) in [6.07, 6.45) is 13.8. The number of likely N-dealkylation sites (tertiary alicyclic amines) is 2. The summed E-state index contributed by atoms with van der Waals surface area (Å²) in [6.45, 7) is 3.34. The number of aromatic amines is 2. The number of hydrogen-bond donors (Lipinski definition) is 4. The maximum atomic E-state index is 13.4. The van der Waals surface area contributed by atoms with Gasteiger partial charge in [0.05, 0.1) is 42.4 Å². The Balaban J connectivity index is 0.890. The van der Waals surface area contributed by atoms with Crippen molar-refractivity contribution < 1.29 is 9.59 Å². The van der Waals surface area contributed by atoms with Gasteiger partial charge in [0.25, 0.3) is 0 Å². The second-order valence-electron chi connectivity index (χ2n) is 13.3. The number of imidazole rings is 2. The molecule has 2 aliphatic heterocycles. The van der Waals surface area contributed by atoms with E-state index in [-0.39, 0.29) is 30.4 Å². The topological polar surface area (TPSA) is 174 Å². The molecule has 2 saturated heterocycles. The van der Waals surface area contributed by atoms with E-state index in [2.05, 4.69) is 94.1 Å². The molecule has 0 saturated carbocycles. The molecule has 4 aromatic heterocycles. The Morgan fingerprint density at radius 3 is 1.70 bits per heavy atom. The number of aromatic nitrogens is 8. The number of carbonyl (C=O) groups excluding carboxylic acids is 2. The molecule has 2 fully saturated rings. The molecule has 0 bridgehead atoms. The van der Waals surface area contributed by atoms with Crippen molar-refractivity contribution in [3.8, 4) is 33.6 Å². The number of anilines is 2. The molecule has 2 aliphatic rings. The molecule has 2 aromatic carbocycles. The molecule has 14 heteroatoms. The normalized spacial score (nSPS) is 17.5. The molecule has 14 nitrogen and oxygen atoms in total. The standard InChI is InChI=1S/C39H40N12O2/c1-25(47-39-42-18-5-19-43-39)37(53)51-21-3-7-33(51)36-45-23-31(49-36)29-14-10-27(11-15-29)26-8-12-28(13-9-26)30-22-44-35(48-30)32-6-2-20-50(32)34(52)24-46-38-40-16-4-17-41-38/h4-5,8-19,22-23,25,32-33H,2-3,6-7,20-21,24H2,1H3,(H,44,48)(H,45,49)(H,40,41,46)(H,42,43,47)/t25-,32-,33-/m0/s1. The van der Waals surface area contributed by atoms with Gasteiger partial charge in [-0.05, 0) is 67.0 Å². The maximum Gasteiger partial charge on any atom is 0.245 e. The van der Waals surface area contributed by atoms with Crippen molar-refractivity contribution in [1.29, 1.82) is 0 Å². The van der Waals surface area contributed by atoms with Gasteiger partial charge in [0, 0.05) is 37.9 Å². The molecule has 0 spiro atoms. The van der Waals surface area contributed by atoms with E-state index >= 15 is 0 Å². The van der Waals surface area contributed by atoms with Gasteiger partial charge in [-0.2, -0.15) is 0 Å². The highest BCUT2D eigenvalue weighted by Crippen LogP contribution is 2.34. The number of nitrogens with zero attached hydrogens (tertiary/aromatic N) is 8. The fraction of sp³-hybridized carbons (Fsp3) is 0.282. The number of benzene rings is 2. The van der Waals surface area contributed by atoms with E-state index in [0.29, 0.717) is 25.0 Å². The van der Waals surface area contributed by atoms with Crippen molar-refractivity contribution in [3.05, 3.63) is 109 Å². The van der Waals surface area contributed by atoms with Crippen molar-refractivity contribution in [2.45, 2.75) is 50.7 Å². The van der Waals surface area contributed by atoms with Crippen LogP contribution in [0.5, 0.6) is 0 Å². The van der Waals surface area contributed by atoms with Crippen molar-refractivity contribution in [3.63, 3.8) is 0 Å². The molecule has 2 amide bonds. The first-order chi connectivity index (χ1) is 26.0.